The molecule has 1 rings (SSSR count). The summed E-state index contributed by atoms with van der Waals surface area (Å²) >= 11 is 0. The molecule has 0 aliphatic heterocycles. The molecule has 1 aliphatic carbocycles. The van der Waals surface area contributed by atoms with E-state index in [1.807, 2.05) is 12.2 Å². The van der Waals surface area contributed by atoms with Crippen LogP contribution < -0.4 is 0 Å². The molecule has 0 saturated carbocycles. The van der Waals surface area contributed by atoms with Gasteiger partial charge in [-0.2, -0.15) is 0 Å². The highest BCUT2D eigenvalue weighted by Gasteiger charge is 1.96. The minimum atomic E-state index is 0.946. The van der Waals surface area contributed by atoms with Crippen molar-refractivity contribution in [2.75, 3.05) is 0 Å². The van der Waals surface area contributed by atoms with Gasteiger partial charge in [0.1, 0.15) is 6.29 Å². The Balaban J connectivity index is 2.44. The van der Waals surface area contributed by atoms with Crippen molar-refractivity contribution in [3.63, 3.8) is 0 Å². The van der Waals surface area contributed by atoms with Gasteiger partial charge in [0.25, 0.3) is 0 Å². The third kappa shape index (κ3) is 5.00. The van der Waals surface area contributed by atoms with E-state index in [9.17, 15) is 4.79 Å². The molecule has 0 aromatic heterocycles. The molecular formula is C13H20O. The molecule has 0 unspecified atom stereocenters. The molecule has 0 saturated heterocycles. The van der Waals surface area contributed by atoms with Gasteiger partial charge in [0.05, 0.1) is 0 Å². The van der Waals surface area contributed by atoms with Crippen molar-refractivity contribution in [2.24, 2.45) is 0 Å². The van der Waals surface area contributed by atoms with E-state index < -0.39 is 0 Å². The van der Waals surface area contributed by atoms with Crippen LogP contribution in [0, 0.1) is 0 Å². The summed E-state index contributed by atoms with van der Waals surface area (Å²) in [6.07, 6.45) is 17.0. The maximum Gasteiger partial charge on any atom is 0.146 e. The lowest BCUT2D eigenvalue weighted by Gasteiger charge is -2.02. The molecule has 0 heterocycles. The van der Waals surface area contributed by atoms with Crippen LogP contribution in [0.1, 0.15) is 51.4 Å². The minimum Gasteiger partial charge on any atom is -0.298 e. The summed E-state index contributed by atoms with van der Waals surface area (Å²) in [7, 11) is 0. The van der Waals surface area contributed by atoms with Gasteiger partial charge < -0.3 is 0 Å². The highest BCUT2D eigenvalue weighted by Crippen LogP contribution is 2.13. The third-order valence-corrected chi connectivity index (χ3v) is 2.68. The van der Waals surface area contributed by atoms with Crippen LogP contribution >= 0.6 is 0 Å². The monoisotopic (exact) mass is 192 g/mol. The summed E-state index contributed by atoms with van der Waals surface area (Å²) in [4.78, 5) is 10.7. The zero-order valence-electron chi connectivity index (χ0n) is 8.87. The summed E-state index contributed by atoms with van der Waals surface area (Å²) < 4.78 is 0. The van der Waals surface area contributed by atoms with E-state index in [1.54, 1.807) is 0 Å². The van der Waals surface area contributed by atoms with E-state index in [1.165, 1.54) is 38.5 Å². The molecule has 0 spiro atoms. The van der Waals surface area contributed by atoms with Crippen molar-refractivity contribution in [1.82, 2.24) is 0 Å². The quantitative estimate of drug-likeness (QED) is 0.577. The predicted octanol–water partition coefficient (Wildman–Crippen LogP) is 3.80. The van der Waals surface area contributed by atoms with E-state index in [0.29, 0.717) is 0 Å². The summed E-state index contributed by atoms with van der Waals surface area (Å²) in [6.45, 7) is 0. The van der Waals surface area contributed by atoms with Crippen LogP contribution in [0.15, 0.2) is 23.8 Å². The van der Waals surface area contributed by atoms with Gasteiger partial charge in [-0.1, -0.05) is 43.9 Å². The topological polar surface area (TPSA) is 17.1 Å². The molecule has 1 aliphatic rings. The molecule has 0 aromatic carbocycles. The van der Waals surface area contributed by atoms with Gasteiger partial charge in [0.15, 0.2) is 0 Å². The summed E-state index contributed by atoms with van der Waals surface area (Å²) in [6, 6.07) is 0. The first-order valence-electron chi connectivity index (χ1n) is 5.74. The number of aldehydes is 1. The standard InChI is InChI=1S/C13H20O/c14-12-13-10-8-6-4-2-1-3-5-7-9-11-13/h6,8,10,12H,1-5,7,9,11H2/b8-6-,13-10-. The lowest BCUT2D eigenvalue weighted by Crippen LogP contribution is -1.87. The van der Waals surface area contributed by atoms with Gasteiger partial charge in [0.2, 0.25) is 0 Å². The second-order valence-corrected chi connectivity index (χ2v) is 3.95. The SMILES string of the molecule is O=C/C1=C\C=C/CCCCCCCC1. The molecule has 1 heteroatoms. The molecular weight excluding hydrogens is 172 g/mol. The van der Waals surface area contributed by atoms with E-state index >= 15 is 0 Å². The Morgan fingerprint density at radius 2 is 1.71 bits per heavy atom. The molecule has 0 bridgehead atoms. The Bertz CT molecular complexity index is 213. The smallest absolute Gasteiger partial charge is 0.146 e. The van der Waals surface area contributed by atoms with Gasteiger partial charge >= 0.3 is 0 Å². The van der Waals surface area contributed by atoms with Crippen LogP contribution in [0.4, 0.5) is 0 Å². The van der Waals surface area contributed by atoms with Gasteiger partial charge in [-0.05, 0) is 31.3 Å². The van der Waals surface area contributed by atoms with Gasteiger partial charge in [0, 0.05) is 0 Å². The second kappa shape index (κ2) is 7.54. The maximum absolute atomic E-state index is 10.7. The zero-order chi connectivity index (χ0) is 10.1. The van der Waals surface area contributed by atoms with Crippen molar-refractivity contribution >= 4 is 6.29 Å². The van der Waals surface area contributed by atoms with Crippen molar-refractivity contribution in [1.29, 1.82) is 0 Å². The highest BCUT2D eigenvalue weighted by atomic mass is 16.1. The molecule has 0 atom stereocenters. The fourth-order valence-electron chi connectivity index (χ4n) is 1.77. The Hall–Kier alpha value is -0.850. The molecule has 0 aromatic rings. The van der Waals surface area contributed by atoms with E-state index in [2.05, 4.69) is 6.08 Å². The first kappa shape index (κ1) is 11.2. The van der Waals surface area contributed by atoms with Gasteiger partial charge in [-0.15, -0.1) is 0 Å². The Morgan fingerprint density at radius 1 is 1.00 bits per heavy atom. The van der Waals surface area contributed by atoms with Gasteiger partial charge in [-0.3, -0.25) is 4.79 Å². The van der Waals surface area contributed by atoms with Crippen molar-refractivity contribution < 1.29 is 4.79 Å². The van der Waals surface area contributed by atoms with Crippen molar-refractivity contribution in [3.8, 4) is 0 Å². The van der Waals surface area contributed by atoms with Crippen LogP contribution in [-0.2, 0) is 4.79 Å². The number of hydrogen-bond donors (Lipinski definition) is 0. The average Bonchev–Trinajstić information content (AvgIpc) is 2.19. The van der Waals surface area contributed by atoms with Crippen molar-refractivity contribution in [3.05, 3.63) is 23.8 Å². The van der Waals surface area contributed by atoms with E-state index in [-0.39, 0.29) is 0 Å². The summed E-state index contributed by atoms with van der Waals surface area (Å²) in [5.74, 6) is 0. The van der Waals surface area contributed by atoms with E-state index in [0.717, 1.165) is 24.7 Å². The van der Waals surface area contributed by atoms with Crippen LogP contribution in [0.3, 0.4) is 0 Å². The van der Waals surface area contributed by atoms with E-state index in [4.69, 9.17) is 0 Å². The Morgan fingerprint density at radius 3 is 2.50 bits per heavy atom. The summed E-state index contributed by atoms with van der Waals surface area (Å²) in [5, 5.41) is 0. The molecule has 78 valence electrons. The predicted molar refractivity (Wildman–Crippen MR) is 60.2 cm³/mol. The maximum atomic E-state index is 10.7. The molecule has 0 fully saturated rings. The lowest BCUT2D eigenvalue weighted by molar-refractivity contribution is -0.105. The van der Waals surface area contributed by atoms with Crippen LogP contribution in [0.5, 0.6) is 0 Å². The molecule has 0 N–H and O–H groups in total. The number of hydrogen-bond acceptors (Lipinski definition) is 1. The van der Waals surface area contributed by atoms with Crippen LogP contribution in [0.2, 0.25) is 0 Å². The number of carbonyl (C=O) groups excluding carboxylic acids is 1. The molecule has 0 radical (unpaired) electrons. The minimum absolute atomic E-state index is 0.946. The number of allylic oxidation sites excluding steroid dienone is 4. The molecule has 1 nitrogen and oxygen atoms in total. The van der Waals surface area contributed by atoms with Gasteiger partial charge in [-0.25, -0.2) is 0 Å². The lowest BCUT2D eigenvalue weighted by atomic mass is 10.0. The highest BCUT2D eigenvalue weighted by molar-refractivity contribution is 5.73. The fraction of sp³-hybridized carbons (Fsp3) is 0.615. The van der Waals surface area contributed by atoms with Crippen LogP contribution in [0.25, 0.3) is 0 Å². The molecule has 0 amide bonds. The van der Waals surface area contributed by atoms with Crippen molar-refractivity contribution in [2.45, 2.75) is 51.4 Å². The molecule has 14 heavy (non-hydrogen) atoms. The first-order valence-corrected chi connectivity index (χ1v) is 5.74. The normalized spacial score (nSPS) is 26.4. The number of carbonyl (C=O) groups is 1. The second-order valence-electron chi connectivity index (χ2n) is 3.95. The summed E-state index contributed by atoms with van der Waals surface area (Å²) in [5.41, 5.74) is 0.946. The third-order valence-electron chi connectivity index (χ3n) is 2.68. The Kier molecular flexibility index (Phi) is 6.05. The zero-order valence-corrected chi connectivity index (χ0v) is 8.87. The largest absolute Gasteiger partial charge is 0.298 e. The Labute approximate surface area is 86.9 Å². The number of rotatable bonds is 1. The first-order chi connectivity index (χ1) is 6.93. The van der Waals surface area contributed by atoms with Crippen LogP contribution in [-0.4, -0.2) is 6.29 Å². The average molecular weight is 192 g/mol. The fourth-order valence-corrected chi connectivity index (χ4v) is 1.77.